The summed E-state index contributed by atoms with van der Waals surface area (Å²) < 4.78 is 0. The number of hydrogen-bond donors (Lipinski definition) is 2. The lowest BCUT2D eigenvalue weighted by molar-refractivity contribution is -0.118. The number of carbonyl (C=O) groups excluding carboxylic acids is 2. The van der Waals surface area contributed by atoms with E-state index in [0.717, 1.165) is 24.3 Å². The number of carbonyl (C=O) groups is 2. The lowest BCUT2D eigenvalue weighted by atomic mass is 9.68. The first-order valence-electron chi connectivity index (χ1n) is 9.01. The summed E-state index contributed by atoms with van der Waals surface area (Å²) in [4.78, 5) is 26.4. The van der Waals surface area contributed by atoms with Gasteiger partial charge in [0.05, 0.1) is 17.8 Å². The van der Waals surface area contributed by atoms with Gasteiger partial charge in [-0.3, -0.25) is 14.5 Å². The maximum atomic E-state index is 12.5. The van der Waals surface area contributed by atoms with Gasteiger partial charge in [-0.25, -0.2) is 0 Å². The standard InChI is InChI=1S/C19H25N3O2/c20-19(24)16-3-1-2-4-17(16)21-18(23)11-22-10-14-6-12-5-13(7-14)9-15(22)8-12/h1-4,12-15H,5-11H2,(H2,20,24)(H,21,23)/t12-,13+,14?,15?. The van der Waals surface area contributed by atoms with Crippen molar-refractivity contribution < 1.29 is 9.59 Å². The third-order valence-electron chi connectivity index (χ3n) is 6.03. The number of nitrogens with zero attached hydrogens (tertiary/aromatic N) is 1. The SMILES string of the molecule is NC(=O)c1ccccc1NC(=O)CN1CC2C[C@@H]3CC1C[C@H](C2)C3. The molecule has 2 amide bonds. The van der Waals surface area contributed by atoms with Crippen LogP contribution >= 0.6 is 0 Å². The molecule has 5 heteroatoms. The van der Waals surface area contributed by atoms with Crippen molar-refractivity contribution >= 4 is 17.5 Å². The number of para-hydroxylation sites is 1. The van der Waals surface area contributed by atoms with Crippen molar-refractivity contribution in [3.8, 4) is 0 Å². The topological polar surface area (TPSA) is 75.4 Å². The van der Waals surface area contributed by atoms with Gasteiger partial charge in [-0.1, -0.05) is 12.1 Å². The predicted molar refractivity (Wildman–Crippen MR) is 92.5 cm³/mol. The molecule has 2 saturated heterocycles. The number of nitrogens with two attached hydrogens (primary N) is 1. The molecule has 24 heavy (non-hydrogen) atoms. The second-order valence-electron chi connectivity index (χ2n) is 7.82. The molecule has 2 aliphatic heterocycles. The molecule has 1 aromatic carbocycles. The zero-order valence-corrected chi connectivity index (χ0v) is 13.9. The van der Waals surface area contributed by atoms with Gasteiger partial charge in [0.15, 0.2) is 0 Å². The summed E-state index contributed by atoms with van der Waals surface area (Å²) in [5, 5.41) is 2.88. The second kappa shape index (κ2) is 6.20. The van der Waals surface area contributed by atoms with E-state index in [2.05, 4.69) is 10.2 Å². The number of benzene rings is 1. The van der Waals surface area contributed by atoms with Crippen LogP contribution in [0.2, 0.25) is 0 Å². The Kier molecular flexibility index (Phi) is 4.04. The highest BCUT2D eigenvalue weighted by atomic mass is 16.2. The minimum absolute atomic E-state index is 0.0510. The van der Waals surface area contributed by atoms with Gasteiger partial charge in [0.25, 0.3) is 5.91 Å². The van der Waals surface area contributed by atoms with Crippen molar-refractivity contribution in [1.29, 1.82) is 0 Å². The van der Waals surface area contributed by atoms with E-state index in [1.165, 1.54) is 32.1 Å². The van der Waals surface area contributed by atoms with E-state index in [0.29, 0.717) is 23.8 Å². The zero-order valence-electron chi connectivity index (χ0n) is 13.9. The highest BCUT2D eigenvalue weighted by Crippen LogP contribution is 2.47. The van der Waals surface area contributed by atoms with Crippen LogP contribution < -0.4 is 11.1 Å². The van der Waals surface area contributed by atoms with Gasteiger partial charge in [-0.05, 0) is 62.0 Å². The monoisotopic (exact) mass is 327 g/mol. The summed E-state index contributed by atoms with van der Waals surface area (Å²) in [6, 6.07) is 7.48. The molecule has 2 saturated carbocycles. The van der Waals surface area contributed by atoms with E-state index < -0.39 is 5.91 Å². The Morgan fingerprint density at radius 2 is 1.71 bits per heavy atom. The molecule has 3 N–H and O–H groups in total. The molecule has 2 heterocycles. The first-order valence-corrected chi connectivity index (χ1v) is 9.01. The Hall–Kier alpha value is -1.88. The van der Waals surface area contributed by atoms with Crippen LogP contribution in [0.4, 0.5) is 5.69 Å². The molecule has 2 unspecified atom stereocenters. The molecular weight excluding hydrogens is 302 g/mol. The maximum absolute atomic E-state index is 12.5. The predicted octanol–water partition coefficient (Wildman–Crippen LogP) is 2.23. The van der Waals surface area contributed by atoms with Crippen LogP contribution in [-0.2, 0) is 4.79 Å². The van der Waals surface area contributed by atoms with Crippen molar-refractivity contribution in [1.82, 2.24) is 4.90 Å². The van der Waals surface area contributed by atoms with Crippen molar-refractivity contribution in [3.05, 3.63) is 29.8 Å². The summed E-state index contributed by atoms with van der Waals surface area (Å²) >= 11 is 0. The highest BCUT2D eigenvalue weighted by Gasteiger charge is 2.42. The quantitative estimate of drug-likeness (QED) is 0.890. The van der Waals surface area contributed by atoms with Gasteiger partial charge >= 0.3 is 0 Å². The van der Waals surface area contributed by atoms with E-state index >= 15 is 0 Å². The summed E-state index contributed by atoms with van der Waals surface area (Å²) in [5.41, 5.74) is 6.26. The maximum Gasteiger partial charge on any atom is 0.250 e. The van der Waals surface area contributed by atoms with E-state index in [-0.39, 0.29) is 5.91 Å². The Labute approximate surface area is 142 Å². The Morgan fingerprint density at radius 3 is 2.42 bits per heavy atom. The van der Waals surface area contributed by atoms with E-state index in [1.54, 1.807) is 24.3 Å². The molecule has 4 fully saturated rings. The normalized spacial score (nSPS) is 31.7. The molecule has 0 spiro atoms. The molecule has 2 aliphatic carbocycles. The summed E-state index contributed by atoms with van der Waals surface area (Å²) in [6.45, 7) is 1.45. The number of amides is 2. The number of anilines is 1. The third kappa shape index (κ3) is 3.05. The first kappa shape index (κ1) is 15.6. The van der Waals surface area contributed by atoms with Crippen molar-refractivity contribution in [2.45, 2.75) is 38.1 Å². The van der Waals surface area contributed by atoms with Crippen LogP contribution in [0.25, 0.3) is 0 Å². The van der Waals surface area contributed by atoms with E-state index in [1.807, 2.05) is 0 Å². The zero-order chi connectivity index (χ0) is 16.7. The van der Waals surface area contributed by atoms with Gasteiger partial charge < -0.3 is 11.1 Å². The summed E-state index contributed by atoms with van der Waals surface area (Å²) in [5.74, 6) is 1.93. The first-order chi connectivity index (χ1) is 11.6. The fraction of sp³-hybridized carbons (Fsp3) is 0.579. The van der Waals surface area contributed by atoms with Gasteiger partial charge in [-0.15, -0.1) is 0 Å². The Bertz CT molecular complexity index is 646. The number of primary amides is 1. The fourth-order valence-electron chi connectivity index (χ4n) is 5.26. The van der Waals surface area contributed by atoms with Crippen molar-refractivity contribution in [2.75, 3.05) is 18.4 Å². The molecule has 5 rings (SSSR count). The number of fused-ring (bicyclic) bond motifs is 1. The molecule has 128 valence electrons. The average molecular weight is 327 g/mol. The molecule has 0 aromatic heterocycles. The third-order valence-corrected chi connectivity index (χ3v) is 6.03. The molecular formula is C19H25N3O2. The average Bonchev–Trinajstić information content (AvgIpc) is 2.71. The molecule has 1 aromatic rings. The minimum Gasteiger partial charge on any atom is -0.366 e. The Morgan fingerprint density at radius 1 is 1.04 bits per heavy atom. The van der Waals surface area contributed by atoms with Crippen LogP contribution in [0, 0.1) is 17.8 Å². The smallest absolute Gasteiger partial charge is 0.250 e. The minimum atomic E-state index is -0.517. The van der Waals surface area contributed by atoms with E-state index in [4.69, 9.17) is 5.73 Å². The molecule has 0 radical (unpaired) electrons. The Balaban J connectivity index is 1.44. The van der Waals surface area contributed by atoms with Crippen LogP contribution in [0.15, 0.2) is 24.3 Å². The van der Waals surface area contributed by atoms with Gasteiger partial charge in [-0.2, -0.15) is 0 Å². The van der Waals surface area contributed by atoms with E-state index in [9.17, 15) is 9.59 Å². The fourth-order valence-corrected chi connectivity index (χ4v) is 5.26. The molecule has 4 atom stereocenters. The van der Waals surface area contributed by atoms with Crippen LogP contribution in [0.5, 0.6) is 0 Å². The summed E-state index contributed by atoms with van der Waals surface area (Å²) in [6.07, 6.45) is 6.58. The highest BCUT2D eigenvalue weighted by molar-refractivity contribution is 6.03. The second-order valence-corrected chi connectivity index (χ2v) is 7.82. The number of nitrogens with one attached hydrogen (secondary N) is 1. The van der Waals surface area contributed by atoms with Crippen LogP contribution in [0.3, 0.4) is 0 Å². The number of rotatable bonds is 4. The van der Waals surface area contributed by atoms with Crippen molar-refractivity contribution in [3.63, 3.8) is 0 Å². The summed E-state index contributed by atoms with van der Waals surface area (Å²) in [7, 11) is 0. The molecule has 4 bridgehead atoms. The van der Waals surface area contributed by atoms with Gasteiger partial charge in [0.1, 0.15) is 0 Å². The van der Waals surface area contributed by atoms with Crippen LogP contribution in [-0.4, -0.2) is 35.8 Å². The van der Waals surface area contributed by atoms with Gasteiger partial charge in [0, 0.05) is 12.6 Å². The van der Waals surface area contributed by atoms with Crippen LogP contribution in [0.1, 0.15) is 42.5 Å². The largest absolute Gasteiger partial charge is 0.366 e. The van der Waals surface area contributed by atoms with Gasteiger partial charge in [0.2, 0.25) is 5.91 Å². The molecule has 4 aliphatic rings. The lowest BCUT2D eigenvalue weighted by Crippen LogP contribution is -2.42. The number of hydrogen-bond acceptors (Lipinski definition) is 3. The van der Waals surface area contributed by atoms with Crippen molar-refractivity contribution in [2.24, 2.45) is 23.5 Å². The molecule has 5 nitrogen and oxygen atoms in total. The lowest BCUT2D eigenvalue weighted by Gasteiger charge is -2.39.